The van der Waals surface area contributed by atoms with Crippen LogP contribution in [0.15, 0.2) is 127 Å². The first-order valence-electron chi connectivity index (χ1n) is 22.8. The third kappa shape index (κ3) is 6.71. The molecule has 10 rings (SSSR count). The zero-order valence-corrected chi connectivity index (χ0v) is 39.5. The number of aryl methyl sites for hydroxylation is 2. The highest BCUT2D eigenvalue weighted by Crippen LogP contribution is 2.58. The van der Waals surface area contributed by atoms with E-state index in [1.807, 2.05) is 0 Å². The van der Waals surface area contributed by atoms with Gasteiger partial charge in [0.05, 0.1) is 5.69 Å². The Labute approximate surface area is 376 Å². The van der Waals surface area contributed by atoms with Crippen LogP contribution in [0.2, 0.25) is 0 Å². The topological polar surface area (TPSA) is 21.7 Å². The van der Waals surface area contributed by atoms with Crippen molar-refractivity contribution in [2.75, 3.05) is 4.90 Å². The maximum absolute atomic E-state index is 7.67. The lowest BCUT2D eigenvalue weighted by Gasteiger charge is -2.39. The predicted molar refractivity (Wildman–Crippen MR) is 267 cm³/mol. The van der Waals surface area contributed by atoms with Gasteiger partial charge in [0, 0.05) is 22.3 Å². The van der Waals surface area contributed by atoms with Crippen LogP contribution in [-0.4, -0.2) is 6.71 Å². The first-order valence-corrected chi connectivity index (χ1v) is 22.8. The molecule has 7 aromatic rings. The van der Waals surface area contributed by atoms with Crippen molar-refractivity contribution in [1.82, 2.24) is 0 Å². The van der Waals surface area contributed by atoms with E-state index in [0.717, 1.165) is 62.1 Å². The Morgan fingerprint density at radius 1 is 0.492 bits per heavy atom. The minimum Gasteiger partial charge on any atom is -0.458 e. The SMILES string of the molecule is Cc1cc(C)cc(-c2cc3c4c(c2)Oc2c(cc5c(c2N(c2ccc(C(C)(C)C)cc2)c2ccc(C(C)(C)C)cc2)C(C)(C)c2ccccc2-5)B4c2cc(C(C)(C)C)ccc2O3)c1. The third-order valence-corrected chi connectivity index (χ3v) is 13.9. The number of benzene rings is 7. The zero-order valence-electron chi connectivity index (χ0n) is 39.5. The van der Waals surface area contributed by atoms with Gasteiger partial charge in [0.2, 0.25) is 0 Å². The first kappa shape index (κ1) is 41.0. The molecule has 2 aliphatic heterocycles. The number of ether oxygens (including phenoxy) is 2. The Bertz CT molecular complexity index is 2910. The van der Waals surface area contributed by atoms with E-state index in [0.29, 0.717) is 0 Å². The van der Waals surface area contributed by atoms with Gasteiger partial charge in [0.15, 0.2) is 0 Å². The summed E-state index contributed by atoms with van der Waals surface area (Å²) in [5, 5.41) is 0. The minimum atomic E-state index is -0.339. The molecule has 3 aliphatic rings. The predicted octanol–water partition coefficient (Wildman–Crippen LogP) is 14.4. The molecule has 0 atom stereocenters. The molecular weight excluding hydrogens is 765 g/mol. The largest absolute Gasteiger partial charge is 0.458 e. The molecule has 0 N–H and O–H groups in total. The zero-order chi connectivity index (χ0) is 44.5. The van der Waals surface area contributed by atoms with Crippen LogP contribution >= 0.6 is 0 Å². The van der Waals surface area contributed by atoms with Gasteiger partial charge in [-0.3, -0.25) is 0 Å². The third-order valence-electron chi connectivity index (χ3n) is 13.9. The first-order chi connectivity index (χ1) is 29.7. The van der Waals surface area contributed by atoms with Crippen LogP contribution in [0, 0.1) is 13.8 Å². The number of rotatable bonds is 4. The molecule has 0 aromatic heterocycles. The molecule has 7 aromatic carbocycles. The summed E-state index contributed by atoms with van der Waals surface area (Å²) in [6, 6.07) is 48.1. The Morgan fingerprint density at radius 2 is 1.02 bits per heavy atom. The summed E-state index contributed by atoms with van der Waals surface area (Å²) >= 11 is 0. The molecule has 0 bridgehead atoms. The van der Waals surface area contributed by atoms with Crippen LogP contribution in [0.3, 0.4) is 0 Å². The van der Waals surface area contributed by atoms with E-state index in [9.17, 15) is 0 Å². The maximum Gasteiger partial charge on any atom is 0.260 e. The van der Waals surface area contributed by atoms with Crippen molar-refractivity contribution < 1.29 is 9.47 Å². The lowest BCUT2D eigenvalue weighted by Crippen LogP contribution is -2.58. The van der Waals surface area contributed by atoms with Crippen molar-refractivity contribution in [3.63, 3.8) is 0 Å². The van der Waals surface area contributed by atoms with Gasteiger partial charge in [0.1, 0.15) is 23.0 Å². The van der Waals surface area contributed by atoms with E-state index >= 15 is 0 Å². The average Bonchev–Trinajstić information content (AvgIpc) is 3.45. The summed E-state index contributed by atoms with van der Waals surface area (Å²) in [5.74, 6) is 3.48. The number of anilines is 3. The Hall–Kier alpha value is -6.00. The van der Waals surface area contributed by atoms with Gasteiger partial charge < -0.3 is 14.4 Å². The van der Waals surface area contributed by atoms with Crippen molar-refractivity contribution in [3.8, 4) is 45.3 Å². The van der Waals surface area contributed by atoms with Crippen molar-refractivity contribution in [3.05, 3.63) is 166 Å². The van der Waals surface area contributed by atoms with E-state index in [4.69, 9.17) is 9.47 Å². The van der Waals surface area contributed by atoms with Crippen LogP contribution in [0.25, 0.3) is 22.3 Å². The Morgan fingerprint density at radius 3 is 1.59 bits per heavy atom. The van der Waals surface area contributed by atoms with Crippen LogP contribution in [0.1, 0.15) is 115 Å². The smallest absolute Gasteiger partial charge is 0.260 e. The highest BCUT2D eigenvalue weighted by Gasteiger charge is 2.47. The normalized spacial score (nSPS) is 14.5. The summed E-state index contributed by atoms with van der Waals surface area (Å²) in [7, 11) is 0. The van der Waals surface area contributed by atoms with Gasteiger partial charge in [-0.15, -0.1) is 0 Å². The van der Waals surface area contributed by atoms with Crippen molar-refractivity contribution >= 4 is 40.2 Å². The number of hydrogen-bond donors (Lipinski definition) is 0. The molecular formula is C59H60BNO2. The van der Waals surface area contributed by atoms with Crippen molar-refractivity contribution in [2.45, 2.75) is 112 Å². The van der Waals surface area contributed by atoms with Gasteiger partial charge in [-0.2, -0.15) is 0 Å². The van der Waals surface area contributed by atoms with Gasteiger partial charge in [-0.1, -0.05) is 172 Å². The van der Waals surface area contributed by atoms with Crippen LogP contribution < -0.4 is 30.8 Å². The standard InChI is InChI=1S/C59H60BNO2/c1-35-28-36(2)30-37(29-35)38-31-50-53-51(32-38)63-55-48(60(53)47-33-41(58(9,10)11)22-27-49(47)62-50)34-45-44-16-14-15-17-46(44)59(12,13)52(45)54(55)61(42-23-18-39(19-24-42)56(3,4)5)43-25-20-40(21-26-43)57(6,7)8/h14-34H,1-13H3. The molecule has 4 heteroatoms. The summed E-state index contributed by atoms with van der Waals surface area (Å²) in [6.45, 7) is 29.6. The summed E-state index contributed by atoms with van der Waals surface area (Å²) < 4.78 is 14.7. The van der Waals surface area contributed by atoms with Crippen LogP contribution in [-0.2, 0) is 21.7 Å². The Balaban J connectivity index is 1.33. The molecule has 63 heavy (non-hydrogen) atoms. The lowest BCUT2D eigenvalue weighted by atomic mass is 9.34. The molecule has 0 spiro atoms. The highest BCUT2D eigenvalue weighted by atomic mass is 16.5. The second-order valence-electron chi connectivity index (χ2n) is 22.1. The second-order valence-corrected chi connectivity index (χ2v) is 22.1. The van der Waals surface area contributed by atoms with Gasteiger partial charge in [0.25, 0.3) is 6.71 Å². The minimum absolute atomic E-state index is 0.00886. The average molecular weight is 826 g/mol. The molecule has 0 saturated carbocycles. The molecule has 316 valence electrons. The van der Waals surface area contributed by atoms with Gasteiger partial charge in [-0.25, -0.2) is 0 Å². The van der Waals surface area contributed by atoms with E-state index < -0.39 is 0 Å². The monoisotopic (exact) mass is 825 g/mol. The van der Waals surface area contributed by atoms with E-state index in [2.05, 4.69) is 222 Å². The second kappa shape index (κ2) is 14.0. The lowest BCUT2D eigenvalue weighted by molar-refractivity contribution is 0.464. The maximum atomic E-state index is 7.67. The molecule has 1 aliphatic carbocycles. The number of hydrogen-bond acceptors (Lipinski definition) is 3. The van der Waals surface area contributed by atoms with E-state index in [1.165, 1.54) is 55.5 Å². The summed E-state index contributed by atoms with van der Waals surface area (Å²) in [6.07, 6.45) is 0. The van der Waals surface area contributed by atoms with Crippen molar-refractivity contribution in [2.24, 2.45) is 0 Å². The van der Waals surface area contributed by atoms with E-state index in [-0.39, 0.29) is 28.4 Å². The van der Waals surface area contributed by atoms with Crippen molar-refractivity contribution in [1.29, 1.82) is 0 Å². The fourth-order valence-corrected chi connectivity index (χ4v) is 10.5. The molecule has 3 nitrogen and oxygen atoms in total. The Kier molecular flexibility index (Phi) is 9.12. The highest BCUT2D eigenvalue weighted by molar-refractivity contribution is 6.98. The molecule has 0 amide bonds. The van der Waals surface area contributed by atoms with Gasteiger partial charge in [-0.05, 0) is 134 Å². The number of fused-ring (bicyclic) bond motifs is 7. The summed E-state index contributed by atoms with van der Waals surface area (Å²) in [4.78, 5) is 2.50. The quantitative estimate of drug-likeness (QED) is 0.165. The summed E-state index contributed by atoms with van der Waals surface area (Å²) in [5.41, 5.74) is 20.0. The van der Waals surface area contributed by atoms with E-state index in [1.54, 1.807) is 0 Å². The molecule has 0 radical (unpaired) electrons. The van der Waals surface area contributed by atoms with Crippen LogP contribution in [0.4, 0.5) is 17.1 Å². The molecule has 0 unspecified atom stereocenters. The fourth-order valence-electron chi connectivity index (χ4n) is 10.5. The van der Waals surface area contributed by atoms with Gasteiger partial charge >= 0.3 is 0 Å². The van der Waals surface area contributed by atoms with Crippen LogP contribution in [0.5, 0.6) is 23.0 Å². The molecule has 2 heterocycles. The molecule has 0 saturated heterocycles. The fraction of sp³-hybridized carbons (Fsp3) is 0.288. The number of nitrogens with zero attached hydrogens (tertiary/aromatic N) is 1. The molecule has 0 fully saturated rings.